The largest absolute Gasteiger partial charge is 0.299 e. The average molecular weight is 353 g/mol. The molecule has 0 amide bonds. The van der Waals surface area contributed by atoms with Crippen molar-refractivity contribution < 1.29 is 17.6 Å². The van der Waals surface area contributed by atoms with Crippen molar-refractivity contribution >= 4 is 15.8 Å². The van der Waals surface area contributed by atoms with Crippen LogP contribution in [0.15, 0.2) is 18.2 Å². The molecule has 2 atom stereocenters. The SMILES string of the molecule is Cc1ccc(F)cc1CNS(=O)(=O)CC12CC[C@@H](CC1=O)C2(C)C. The standard InChI is InChI=1S/C18H24FNO3S/c1-12-4-5-15(19)8-13(12)10-20-24(22,23)11-18-7-6-14(9-16(18)21)17(18,2)3/h4-5,8,14,20H,6-7,9-11H2,1-3H3/t14-,18?/m0/s1. The molecular weight excluding hydrogens is 329 g/mol. The normalized spacial score (nSPS) is 28.5. The van der Waals surface area contributed by atoms with Crippen LogP contribution in [0.1, 0.15) is 44.2 Å². The number of fused-ring (bicyclic) bond motifs is 2. The maximum atomic E-state index is 13.3. The predicted molar refractivity (Wildman–Crippen MR) is 90.3 cm³/mol. The summed E-state index contributed by atoms with van der Waals surface area (Å²) in [4.78, 5) is 12.5. The molecule has 0 aromatic heterocycles. The van der Waals surface area contributed by atoms with Crippen molar-refractivity contribution in [2.75, 3.05) is 5.75 Å². The molecule has 0 spiro atoms. The van der Waals surface area contributed by atoms with Crippen LogP contribution in [0.5, 0.6) is 0 Å². The number of aryl methyl sites for hydroxylation is 1. The zero-order valence-electron chi connectivity index (χ0n) is 14.4. The van der Waals surface area contributed by atoms with Crippen molar-refractivity contribution in [3.8, 4) is 0 Å². The van der Waals surface area contributed by atoms with E-state index in [0.29, 0.717) is 18.4 Å². The van der Waals surface area contributed by atoms with Gasteiger partial charge < -0.3 is 0 Å². The highest BCUT2D eigenvalue weighted by molar-refractivity contribution is 7.89. The number of nitrogens with one attached hydrogen (secondary N) is 1. The first kappa shape index (κ1) is 17.5. The number of halogens is 1. The van der Waals surface area contributed by atoms with Crippen molar-refractivity contribution in [2.24, 2.45) is 16.7 Å². The second kappa shape index (κ2) is 5.63. The maximum absolute atomic E-state index is 13.3. The average Bonchev–Trinajstić information content (AvgIpc) is 2.82. The molecule has 0 saturated heterocycles. The Balaban J connectivity index is 1.77. The van der Waals surface area contributed by atoms with Gasteiger partial charge in [-0.15, -0.1) is 0 Å². The summed E-state index contributed by atoms with van der Waals surface area (Å²) < 4.78 is 41.1. The van der Waals surface area contributed by atoms with E-state index < -0.39 is 15.4 Å². The third kappa shape index (κ3) is 2.69. The van der Waals surface area contributed by atoms with Gasteiger partial charge in [-0.2, -0.15) is 0 Å². The summed E-state index contributed by atoms with van der Waals surface area (Å²) in [5, 5.41) is 0. The molecule has 0 heterocycles. The molecule has 1 N–H and O–H groups in total. The fourth-order valence-corrected chi connectivity index (χ4v) is 6.31. The van der Waals surface area contributed by atoms with E-state index in [9.17, 15) is 17.6 Å². The Bertz CT molecular complexity index is 787. The lowest BCUT2D eigenvalue weighted by atomic mass is 9.70. The number of benzene rings is 1. The van der Waals surface area contributed by atoms with E-state index in [2.05, 4.69) is 4.72 Å². The van der Waals surface area contributed by atoms with E-state index in [1.54, 1.807) is 6.07 Å². The van der Waals surface area contributed by atoms with Gasteiger partial charge in [0.15, 0.2) is 0 Å². The number of hydrogen-bond acceptors (Lipinski definition) is 3. The zero-order chi connectivity index (χ0) is 17.8. The van der Waals surface area contributed by atoms with E-state index in [1.165, 1.54) is 12.1 Å². The number of ketones is 1. The third-order valence-electron chi connectivity index (χ3n) is 6.37. The second-order valence-corrected chi connectivity index (χ2v) is 9.62. The highest BCUT2D eigenvalue weighted by Gasteiger charge is 2.65. The number of carbonyl (C=O) groups is 1. The van der Waals surface area contributed by atoms with E-state index in [0.717, 1.165) is 12.0 Å². The number of Topliss-reactive ketones (excluding diaryl/α,β-unsaturated/α-hetero) is 1. The third-order valence-corrected chi connectivity index (χ3v) is 7.83. The van der Waals surface area contributed by atoms with Crippen molar-refractivity contribution in [1.29, 1.82) is 0 Å². The van der Waals surface area contributed by atoms with Gasteiger partial charge in [0.1, 0.15) is 11.6 Å². The number of rotatable bonds is 5. The fourth-order valence-electron chi connectivity index (χ4n) is 4.50. The van der Waals surface area contributed by atoms with Crippen LogP contribution < -0.4 is 4.72 Å². The summed E-state index contributed by atoms with van der Waals surface area (Å²) in [5.41, 5.74) is 0.376. The number of carbonyl (C=O) groups excluding carboxylic acids is 1. The van der Waals surface area contributed by atoms with Gasteiger partial charge in [0.2, 0.25) is 10.0 Å². The van der Waals surface area contributed by atoms with Crippen LogP contribution in [-0.4, -0.2) is 20.0 Å². The lowest BCUT2D eigenvalue weighted by Gasteiger charge is -2.36. The van der Waals surface area contributed by atoms with Gasteiger partial charge in [-0.05, 0) is 54.4 Å². The predicted octanol–water partition coefficient (Wildman–Crippen LogP) is 2.95. The first-order valence-corrected chi connectivity index (χ1v) is 9.98. The molecule has 4 nitrogen and oxygen atoms in total. The second-order valence-electron chi connectivity index (χ2n) is 7.82. The summed E-state index contributed by atoms with van der Waals surface area (Å²) in [5.74, 6) is -0.197. The van der Waals surface area contributed by atoms with Gasteiger partial charge in [-0.25, -0.2) is 17.5 Å². The molecule has 1 unspecified atom stereocenters. The maximum Gasteiger partial charge on any atom is 0.212 e. The first-order chi connectivity index (χ1) is 11.1. The molecule has 0 aliphatic heterocycles. The van der Waals surface area contributed by atoms with Crippen molar-refractivity contribution in [1.82, 2.24) is 4.72 Å². The van der Waals surface area contributed by atoms with Gasteiger partial charge in [-0.1, -0.05) is 19.9 Å². The molecule has 2 saturated carbocycles. The summed E-state index contributed by atoms with van der Waals surface area (Å²) in [7, 11) is -3.63. The minimum absolute atomic E-state index is 0.0417. The van der Waals surface area contributed by atoms with Crippen molar-refractivity contribution in [3.63, 3.8) is 0 Å². The Morgan fingerprint density at radius 2 is 2.04 bits per heavy atom. The van der Waals surface area contributed by atoms with Gasteiger partial charge in [0.05, 0.1) is 5.75 Å². The Hall–Kier alpha value is -1.27. The molecule has 2 aliphatic rings. The Morgan fingerprint density at radius 3 is 2.62 bits per heavy atom. The van der Waals surface area contributed by atoms with E-state index in [4.69, 9.17) is 0 Å². The molecule has 1 aromatic rings. The molecule has 132 valence electrons. The topological polar surface area (TPSA) is 63.2 Å². The smallest absolute Gasteiger partial charge is 0.212 e. The Morgan fingerprint density at radius 1 is 1.33 bits per heavy atom. The quantitative estimate of drug-likeness (QED) is 0.885. The molecule has 2 bridgehead atoms. The number of sulfonamides is 1. The fraction of sp³-hybridized carbons (Fsp3) is 0.611. The van der Waals surface area contributed by atoms with Crippen molar-refractivity contribution in [2.45, 2.75) is 46.6 Å². The highest BCUT2D eigenvalue weighted by Crippen LogP contribution is 2.64. The number of hydrogen-bond donors (Lipinski definition) is 1. The molecule has 2 fully saturated rings. The lowest BCUT2D eigenvalue weighted by Crippen LogP contribution is -2.45. The Labute approximate surface area is 142 Å². The van der Waals surface area contributed by atoms with Crippen LogP contribution in [0.3, 0.4) is 0 Å². The summed E-state index contributed by atoms with van der Waals surface area (Å²) >= 11 is 0. The van der Waals surface area contributed by atoms with Gasteiger partial charge in [-0.3, -0.25) is 4.79 Å². The molecule has 2 aliphatic carbocycles. The molecule has 24 heavy (non-hydrogen) atoms. The zero-order valence-corrected chi connectivity index (χ0v) is 15.2. The van der Waals surface area contributed by atoms with E-state index >= 15 is 0 Å². The van der Waals surface area contributed by atoms with Crippen LogP contribution in [0, 0.1) is 29.5 Å². The monoisotopic (exact) mass is 353 g/mol. The molecular formula is C18H24FNO3S. The van der Waals surface area contributed by atoms with Crippen LogP contribution >= 0.6 is 0 Å². The molecule has 1 aromatic carbocycles. The van der Waals surface area contributed by atoms with Gasteiger partial charge in [0, 0.05) is 18.4 Å². The molecule has 0 radical (unpaired) electrons. The molecule has 6 heteroatoms. The minimum atomic E-state index is -3.63. The Kier molecular flexibility index (Phi) is 4.12. The van der Waals surface area contributed by atoms with Crippen LogP contribution in [0.25, 0.3) is 0 Å². The van der Waals surface area contributed by atoms with Crippen LogP contribution in [0.4, 0.5) is 4.39 Å². The van der Waals surface area contributed by atoms with Crippen LogP contribution in [-0.2, 0) is 21.4 Å². The van der Waals surface area contributed by atoms with Crippen molar-refractivity contribution in [3.05, 3.63) is 35.1 Å². The van der Waals surface area contributed by atoms with E-state index in [-0.39, 0.29) is 35.2 Å². The first-order valence-electron chi connectivity index (χ1n) is 8.33. The highest BCUT2D eigenvalue weighted by atomic mass is 32.2. The van der Waals surface area contributed by atoms with E-state index in [1.807, 2.05) is 20.8 Å². The summed E-state index contributed by atoms with van der Waals surface area (Å²) in [6.07, 6.45) is 2.05. The minimum Gasteiger partial charge on any atom is -0.299 e. The van der Waals surface area contributed by atoms with Gasteiger partial charge in [0.25, 0.3) is 0 Å². The summed E-state index contributed by atoms with van der Waals surface area (Å²) in [6, 6.07) is 4.32. The summed E-state index contributed by atoms with van der Waals surface area (Å²) in [6.45, 7) is 5.89. The lowest BCUT2D eigenvalue weighted by molar-refractivity contribution is -0.128. The van der Waals surface area contributed by atoms with Crippen LogP contribution in [0.2, 0.25) is 0 Å². The van der Waals surface area contributed by atoms with Gasteiger partial charge >= 0.3 is 0 Å². The molecule has 3 rings (SSSR count).